The minimum Gasteiger partial charge on any atom is -0.497 e. The number of ether oxygens (including phenoxy) is 1. The summed E-state index contributed by atoms with van der Waals surface area (Å²) in [5.74, 6) is 0.874. The number of halogens is 3. The van der Waals surface area contributed by atoms with Crippen molar-refractivity contribution in [3.63, 3.8) is 0 Å². The molecule has 0 radical (unpaired) electrons. The third-order valence-corrected chi connectivity index (χ3v) is 5.51. The Balaban J connectivity index is 1.63. The fourth-order valence-corrected chi connectivity index (χ4v) is 4.07. The van der Waals surface area contributed by atoms with Crippen LogP contribution in [-0.2, 0) is 22.2 Å². The molecule has 1 fully saturated rings. The number of thioether (sulfide) groups is 1. The maximum Gasteiger partial charge on any atom is 0.416 e. The van der Waals surface area contributed by atoms with Gasteiger partial charge in [0.05, 0.1) is 25.0 Å². The first-order valence-corrected chi connectivity index (χ1v) is 9.91. The van der Waals surface area contributed by atoms with Gasteiger partial charge in [-0.15, -0.1) is 11.8 Å². The van der Waals surface area contributed by atoms with Crippen molar-refractivity contribution in [2.45, 2.75) is 18.6 Å². The maximum atomic E-state index is 12.7. The van der Waals surface area contributed by atoms with Crippen LogP contribution in [0.5, 0.6) is 5.75 Å². The molecule has 1 aliphatic rings. The third kappa shape index (κ3) is 5.23. The van der Waals surface area contributed by atoms with Gasteiger partial charge in [0.1, 0.15) is 11.8 Å². The molecule has 0 aliphatic carbocycles. The summed E-state index contributed by atoms with van der Waals surface area (Å²) in [7, 11) is 1.55. The summed E-state index contributed by atoms with van der Waals surface area (Å²) in [6, 6.07) is 10.7. The number of methoxy groups -OCH3 is 1. The van der Waals surface area contributed by atoms with Gasteiger partial charge in [-0.3, -0.25) is 9.59 Å². The van der Waals surface area contributed by atoms with Crippen LogP contribution in [0.4, 0.5) is 18.9 Å². The summed E-state index contributed by atoms with van der Waals surface area (Å²) in [5.41, 5.74) is 0.291. The lowest BCUT2D eigenvalue weighted by molar-refractivity contribution is -0.137. The van der Waals surface area contributed by atoms with E-state index in [-0.39, 0.29) is 18.2 Å². The summed E-state index contributed by atoms with van der Waals surface area (Å²) in [6.07, 6.45) is -4.48. The number of hydrogen-bond acceptors (Lipinski definition) is 4. The highest BCUT2D eigenvalue weighted by molar-refractivity contribution is 7.99. The normalized spacial score (nSPS) is 16.6. The molecule has 9 heteroatoms. The highest BCUT2D eigenvalue weighted by Crippen LogP contribution is 2.29. The summed E-state index contributed by atoms with van der Waals surface area (Å²) in [5, 5.41) is 2.78. The molecular formula is C20H19F3N2O3S. The first-order valence-electron chi connectivity index (χ1n) is 8.76. The van der Waals surface area contributed by atoms with Crippen LogP contribution in [-0.4, -0.2) is 41.5 Å². The van der Waals surface area contributed by atoms with Crippen LogP contribution in [0, 0.1) is 0 Å². The number of rotatable bonds is 5. The molecule has 0 aromatic heterocycles. The van der Waals surface area contributed by atoms with Crippen molar-refractivity contribution in [1.29, 1.82) is 0 Å². The number of alkyl halides is 3. The zero-order chi connectivity index (χ0) is 21.0. The minimum absolute atomic E-state index is 0.0645. The average Bonchev–Trinajstić information content (AvgIpc) is 3.18. The smallest absolute Gasteiger partial charge is 0.416 e. The molecule has 154 valence electrons. The molecule has 29 heavy (non-hydrogen) atoms. The number of carbonyl (C=O) groups is 2. The SMILES string of the molecule is COc1ccc(NC(=O)C2CSCN2C(=O)Cc2ccc(C(F)(F)F)cc2)cc1. The topological polar surface area (TPSA) is 58.6 Å². The number of anilines is 1. The van der Waals surface area contributed by atoms with E-state index in [4.69, 9.17) is 4.74 Å². The van der Waals surface area contributed by atoms with E-state index in [1.807, 2.05) is 0 Å². The van der Waals surface area contributed by atoms with Crippen LogP contribution in [0.15, 0.2) is 48.5 Å². The lowest BCUT2D eigenvalue weighted by Crippen LogP contribution is -2.45. The molecule has 1 aliphatic heterocycles. The molecule has 1 saturated heterocycles. The van der Waals surface area contributed by atoms with E-state index < -0.39 is 17.8 Å². The van der Waals surface area contributed by atoms with Gasteiger partial charge in [0.15, 0.2) is 0 Å². The van der Waals surface area contributed by atoms with Crippen molar-refractivity contribution in [3.05, 3.63) is 59.7 Å². The monoisotopic (exact) mass is 424 g/mol. The highest BCUT2D eigenvalue weighted by Gasteiger charge is 2.35. The second-order valence-corrected chi connectivity index (χ2v) is 7.47. The zero-order valence-electron chi connectivity index (χ0n) is 15.5. The molecule has 1 heterocycles. The Morgan fingerprint density at radius 3 is 2.38 bits per heavy atom. The van der Waals surface area contributed by atoms with Crippen LogP contribution in [0.2, 0.25) is 0 Å². The van der Waals surface area contributed by atoms with Crippen LogP contribution < -0.4 is 10.1 Å². The zero-order valence-corrected chi connectivity index (χ0v) is 16.3. The molecule has 3 rings (SSSR count). The van der Waals surface area contributed by atoms with E-state index in [1.54, 1.807) is 31.4 Å². The Hall–Kier alpha value is -2.68. The first kappa shape index (κ1) is 21.0. The molecule has 1 atom stereocenters. The van der Waals surface area contributed by atoms with Crippen molar-refractivity contribution in [2.24, 2.45) is 0 Å². The Morgan fingerprint density at radius 1 is 1.14 bits per heavy atom. The number of nitrogens with one attached hydrogen (secondary N) is 1. The van der Waals surface area contributed by atoms with Crippen LogP contribution in [0.1, 0.15) is 11.1 Å². The molecule has 0 spiro atoms. The number of nitrogens with zero attached hydrogens (tertiary/aromatic N) is 1. The Labute approximate surface area is 170 Å². The van der Waals surface area contributed by atoms with E-state index in [1.165, 1.54) is 28.8 Å². The molecule has 0 bridgehead atoms. The van der Waals surface area contributed by atoms with Crippen molar-refractivity contribution in [3.8, 4) is 5.75 Å². The second kappa shape index (κ2) is 8.77. The Kier molecular flexibility index (Phi) is 6.36. The van der Waals surface area contributed by atoms with Crippen LogP contribution >= 0.6 is 11.8 Å². The summed E-state index contributed by atoms with van der Waals surface area (Å²) < 4.78 is 43.1. The van der Waals surface area contributed by atoms with E-state index in [9.17, 15) is 22.8 Å². The molecule has 1 N–H and O–H groups in total. The minimum atomic E-state index is -4.42. The second-order valence-electron chi connectivity index (χ2n) is 6.47. The van der Waals surface area contributed by atoms with E-state index in [2.05, 4.69) is 5.32 Å². The summed E-state index contributed by atoms with van der Waals surface area (Å²) in [6.45, 7) is 0. The number of amides is 2. The van der Waals surface area contributed by atoms with Crippen molar-refractivity contribution < 1.29 is 27.5 Å². The van der Waals surface area contributed by atoms with E-state index in [0.29, 0.717) is 28.6 Å². The largest absolute Gasteiger partial charge is 0.497 e. The molecule has 0 saturated carbocycles. The van der Waals surface area contributed by atoms with Gasteiger partial charge in [0.25, 0.3) is 0 Å². The highest BCUT2D eigenvalue weighted by atomic mass is 32.2. The van der Waals surface area contributed by atoms with Gasteiger partial charge in [-0.1, -0.05) is 12.1 Å². The molecule has 1 unspecified atom stereocenters. The third-order valence-electron chi connectivity index (χ3n) is 4.50. The molecule has 2 amide bonds. The molecule has 2 aromatic rings. The molecule has 5 nitrogen and oxygen atoms in total. The summed E-state index contributed by atoms with van der Waals surface area (Å²) in [4.78, 5) is 26.7. The number of hydrogen-bond donors (Lipinski definition) is 1. The van der Waals surface area contributed by atoms with Crippen LogP contribution in [0.3, 0.4) is 0 Å². The Morgan fingerprint density at radius 2 is 1.79 bits per heavy atom. The lowest BCUT2D eigenvalue weighted by Gasteiger charge is -2.23. The summed E-state index contributed by atoms with van der Waals surface area (Å²) >= 11 is 1.46. The fraction of sp³-hybridized carbons (Fsp3) is 0.300. The van der Waals surface area contributed by atoms with Gasteiger partial charge in [-0.05, 0) is 42.0 Å². The lowest BCUT2D eigenvalue weighted by atomic mass is 10.1. The van der Waals surface area contributed by atoms with Crippen LogP contribution in [0.25, 0.3) is 0 Å². The fourth-order valence-electron chi connectivity index (χ4n) is 2.89. The van der Waals surface area contributed by atoms with Gasteiger partial charge < -0.3 is 15.0 Å². The van der Waals surface area contributed by atoms with Gasteiger partial charge in [0, 0.05) is 11.4 Å². The molecular weight excluding hydrogens is 405 g/mol. The van der Waals surface area contributed by atoms with Crippen molar-refractivity contribution >= 4 is 29.3 Å². The predicted octanol–water partition coefficient (Wildman–Crippen LogP) is 3.80. The number of carbonyl (C=O) groups excluding carboxylic acids is 2. The maximum absolute atomic E-state index is 12.7. The number of benzene rings is 2. The predicted molar refractivity (Wildman–Crippen MR) is 105 cm³/mol. The van der Waals surface area contributed by atoms with Gasteiger partial charge in [-0.25, -0.2) is 0 Å². The quantitative estimate of drug-likeness (QED) is 0.794. The van der Waals surface area contributed by atoms with E-state index >= 15 is 0 Å². The van der Waals surface area contributed by atoms with Gasteiger partial charge in [-0.2, -0.15) is 13.2 Å². The van der Waals surface area contributed by atoms with Crippen molar-refractivity contribution in [1.82, 2.24) is 4.90 Å². The van der Waals surface area contributed by atoms with E-state index in [0.717, 1.165) is 12.1 Å². The average molecular weight is 424 g/mol. The Bertz CT molecular complexity index is 870. The van der Waals surface area contributed by atoms with Crippen molar-refractivity contribution in [2.75, 3.05) is 24.1 Å². The van der Waals surface area contributed by atoms with Gasteiger partial charge >= 0.3 is 6.18 Å². The first-order chi connectivity index (χ1) is 13.8. The standard InChI is InChI=1S/C20H19F3N2O3S/c1-28-16-8-6-15(7-9-16)24-19(27)17-11-29-12-25(17)18(26)10-13-2-4-14(5-3-13)20(21,22)23/h2-9,17H,10-12H2,1H3,(H,24,27). The van der Waals surface area contributed by atoms with Gasteiger partial charge in [0.2, 0.25) is 11.8 Å². The molecule has 2 aromatic carbocycles.